The number of methoxy groups -OCH3 is 1. The molecule has 4 rings (SSSR count). The topological polar surface area (TPSA) is 74.5 Å². The van der Waals surface area contributed by atoms with E-state index in [9.17, 15) is 4.79 Å². The van der Waals surface area contributed by atoms with Crippen molar-refractivity contribution in [1.82, 2.24) is 10.1 Å². The lowest BCUT2D eigenvalue weighted by atomic mass is 10.1. The minimum atomic E-state index is -0.348. The Morgan fingerprint density at radius 1 is 0.964 bits per heavy atom. The SMILES string of the molecule is COc1ccc(-c2noc(CCC(=O)Oc3ccc4ccccc4c3)n2)cc1. The maximum Gasteiger partial charge on any atom is 0.311 e. The number of esters is 1. The average molecular weight is 374 g/mol. The summed E-state index contributed by atoms with van der Waals surface area (Å²) >= 11 is 0. The molecule has 4 aromatic rings. The molecule has 28 heavy (non-hydrogen) atoms. The van der Waals surface area contributed by atoms with Crippen LogP contribution in [0.25, 0.3) is 22.2 Å². The van der Waals surface area contributed by atoms with E-state index in [1.807, 2.05) is 60.7 Å². The van der Waals surface area contributed by atoms with Gasteiger partial charge in [0.1, 0.15) is 11.5 Å². The predicted molar refractivity (Wildman–Crippen MR) is 104 cm³/mol. The number of ether oxygens (including phenoxy) is 2. The van der Waals surface area contributed by atoms with Crippen LogP contribution < -0.4 is 9.47 Å². The molecule has 0 aliphatic heterocycles. The maximum atomic E-state index is 12.1. The molecule has 140 valence electrons. The van der Waals surface area contributed by atoms with Crippen molar-refractivity contribution < 1.29 is 18.8 Å². The number of aryl methyl sites for hydroxylation is 1. The zero-order chi connectivity index (χ0) is 19.3. The van der Waals surface area contributed by atoms with E-state index in [1.165, 1.54) is 0 Å². The smallest absolute Gasteiger partial charge is 0.311 e. The van der Waals surface area contributed by atoms with Crippen LogP contribution in [0.4, 0.5) is 0 Å². The van der Waals surface area contributed by atoms with Gasteiger partial charge in [-0.25, -0.2) is 0 Å². The number of rotatable bonds is 6. The highest BCUT2D eigenvalue weighted by molar-refractivity contribution is 5.84. The third-order valence-electron chi connectivity index (χ3n) is 4.31. The minimum Gasteiger partial charge on any atom is -0.497 e. The molecule has 6 nitrogen and oxygen atoms in total. The van der Waals surface area contributed by atoms with Crippen LogP contribution in [0.1, 0.15) is 12.3 Å². The highest BCUT2D eigenvalue weighted by Crippen LogP contribution is 2.22. The first-order valence-electron chi connectivity index (χ1n) is 8.88. The molecule has 0 fully saturated rings. The number of carbonyl (C=O) groups excluding carboxylic acids is 1. The van der Waals surface area contributed by atoms with Gasteiger partial charge in [0, 0.05) is 12.0 Å². The van der Waals surface area contributed by atoms with Crippen molar-refractivity contribution in [2.24, 2.45) is 0 Å². The monoisotopic (exact) mass is 374 g/mol. The fourth-order valence-corrected chi connectivity index (χ4v) is 2.84. The summed E-state index contributed by atoms with van der Waals surface area (Å²) in [5, 5.41) is 6.08. The molecule has 0 radical (unpaired) electrons. The Hall–Kier alpha value is -3.67. The zero-order valence-corrected chi connectivity index (χ0v) is 15.3. The summed E-state index contributed by atoms with van der Waals surface area (Å²) < 4.78 is 15.8. The number of fused-ring (bicyclic) bond motifs is 1. The molecule has 1 aromatic heterocycles. The van der Waals surface area contributed by atoms with E-state index in [-0.39, 0.29) is 12.4 Å². The summed E-state index contributed by atoms with van der Waals surface area (Å²) in [6.07, 6.45) is 0.465. The van der Waals surface area contributed by atoms with Gasteiger partial charge in [0.2, 0.25) is 11.7 Å². The molecule has 1 heterocycles. The van der Waals surface area contributed by atoms with Crippen LogP contribution >= 0.6 is 0 Å². The van der Waals surface area contributed by atoms with Gasteiger partial charge in [-0.2, -0.15) is 4.98 Å². The fraction of sp³-hybridized carbons (Fsp3) is 0.136. The maximum absolute atomic E-state index is 12.1. The van der Waals surface area contributed by atoms with Gasteiger partial charge in [-0.05, 0) is 47.2 Å². The second-order valence-electron chi connectivity index (χ2n) is 6.22. The molecule has 0 amide bonds. The van der Waals surface area contributed by atoms with Crippen LogP contribution in [-0.2, 0) is 11.2 Å². The molecule has 6 heteroatoms. The Morgan fingerprint density at radius 3 is 2.50 bits per heavy atom. The molecular weight excluding hydrogens is 356 g/mol. The first kappa shape index (κ1) is 17.7. The van der Waals surface area contributed by atoms with Gasteiger partial charge in [-0.15, -0.1) is 0 Å². The van der Waals surface area contributed by atoms with E-state index in [1.54, 1.807) is 13.2 Å². The minimum absolute atomic E-state index is 0.150. The van der Waals surface area contributed by atoms with Crippen molar-refractivity contribution in [3.05, 3.63) is 72.6 Å². The van der Waals surface area contributed by atoms with Crippen molar-refractivity contribution in [2.75, 3.05) is 7.11 Å². The number of nitrogens with zero attached hydrogens (tertiary/aromatic N) is 2. The van der Waals surface area contributed by atoms with Gasteiger partial charge in [0.05, 0.1) is 13.5 Å². The quantitative estimate of drug-likeness (QED) is 0.367. The van der Waals surface area contributed by atoms with E-state index in [0.29, 0.717) is 23.9 Å². The summed E-state index contributed by atoms with van der Waals surface area (Å²) in [6.45, 7) is 0. The van der Waals surface area contributed by atoms with Crippen LogP contribution in [-0.4, -0.2) is 23.2 Å². The number of hydrogen-bond donors (Lipinski definition) is 0. The van der Waals surface area contributed by atoms with Crippen molar-refractivity contribution in [1.29, 1.82) is 0 Å². The third-order valence-corrected chi connectivity index (χ3v) is 4.31. The Labute approximate surface area is 161 Å². The first-order valence-corrected chi connectivity index (χ1v) is 8.88. The highest BCUT2D eigenvalue weighted by Gasteiger charge is 2.12. The summed E-state index contributed by atoms with van der Waals surface area (Å²) in [4.78, 5) is 16.5. The van der Waals surface area contributed by atoms with Gasteiger partial charge in [-0.1, -0.05) is 35.5 Å². The largest absolute Gasteiger partial charge is 0.497 e. The Morgan fingerprint density at radius 2 is 1.71 bits per heavy atom. The Balaban J connectivity index is 1.36. The van der Waals surface area contributed by atoms with Crippen LogP contribution in [0.3, 0.4) is 0 Å². The Kier molecular flexibility index (Phi) is 5.01. The van der Waals surface area contributed by atoms with Gasteiger partial charge in [0.15, 0.2) is 0 Å². The number of hydrogen-bond acceptors (Lipinski definition) is 6. The van der Waals surface area contributed by atoms with Crippen LogP contribution in [0.2, 0.25) is 0 Å². The van der Waals surface area contributed by atoms with Gasteiger partial charge >= 0.3 is 5.97 Å². The predicted octanol–water partition coefficient (Wildman–Crippen LogP) is 4.44. The fourth-order valence-electron chi connectivity index (χ4n) is 2.84. The first-order chi connectivity index (χ1) is 13.7. The lowest BCUT2D eigenvalue weighted by Crippen LogP contribution is -2.09. The van der Waals surface area contributed by atoms with Crippen LogP contribution in [0.15, 0.2) is 71.3 Å². The number of aromatic nitrogens is 2. The van der Waals surface area contributed by atoms with E-state index >= 15 is 0 Å². The van der Waals surface area contributed by atoms with Crippen molar-refractivity contribution in [3.63, 3.8) is 0 Å². The molecule has 0 saturated heterocycles. The molecule has 0 atom stereocenters. The molecule has 0 bridgehead atoms. The van der Waals surface area contributed by atoms with Gasteiger partial charge < -0.3 is 14.0 Å². The normalized spacial score (nSPS) is 10.8. The summed E-state index contributed by atoms with van der Waals surface area (Å²) in [6, 6.07) is 20.8. The lowest BCUT2D eigenvalue weighted by molar-refractivity contribution is -0.134. The van der Waals surface area contributed by atoms with Crippen molar-refractivity contribution >= 4 is 16.7 Å². The second-order valence-corrected chi connectivity index (χ2v) is 6.22. The summed E-state index contributed by atoms with van der Waals surface area (Å²) in [5.74, 6) is 1.79. The summed E-state index contributed by atoms with van der Waals surface area (Å²) in [5.41, 5.74) is 0.814. The number of benzene rings is 3. The molecule has 0 spiro atoms. The van der Waals surface area contributed by atoms with E-state index in [2.05, 4.69) is 10.1 Å². The Bertz CT molecular complexity index is 1100. The molecule has 0 N–H and O–H groups in total. The molecular formula is C22H18N2O4. The molecule has 0 unspecified atom stereocenters. The lowest BCUT2D eigenvalue weighted by Gasteiger charge is -2.05. The molecule has 0 saturated carbocycles. The second kappa shape index (κ2) is 7.92. The molecule has 0 aliphatic rings. The van der Waals surface area contributed by atoms with E-state index < -0.39 is 0 Å². The molecule has 0 aliphatic carbocycles. The van der Waals surface area contributed by atoms with Crippen LogP contribution in [0.5, 0.6) is 11.5 Å². The zero-order valence-electron chi connectivity index (χ0n) is 15.3. The van der Waals surface area contributed by atoms with Gasteiger partial charge in [0.25, 0.3) is 0 Å². The standard InChI is InChI=1S/C22H18N2O4/c1-26-18-9-7-16(8-10-18)22-23-20(28-24-22)12-13-21(25)27-19-11-6-15-4-2-3-5-17(15)14-19/h2-11,14H,12-13H2,1H3. The summed E-state index contributed by atoms with van der Waals surface area (Å²) in [7, 11) is 1.61. The van der Waals surface area contributed by atoms with Gasteiger partial charge in [-0.3, -0.25) is 4.79 Å². The van der Waals surface area contributed by atoms with Crippen LogP contribution in [0, 0.1) is 0 Å². The molecule has 3 aromatic carbocycles. The highest BCUT2D eigenvalue weighted by atomic mass is 16.5. The van der Waals surface area contributed by atoms with E-state index in [4.69, 9.17) is 14.0 Å². The third kappa shape index (κ3) is 4.01. The number of carbonyl (C=O) groups is 1. The average Bonchev–Trinajstić information content (AvgIpc) is 3.21. The van der Waals surface area contributed by atoms with Crippen molar-refractivity contribution in [2.45, 2.75) is 12.8 Å². The van der Waals surface area contributed by atoms with Crippen molar-refractivity contribution in [3.8, 4) is 22.9 Å². The van der Waals surface area contributed by atoms with E-state index in [0.717, 1.165) is 22.1 Å².